The molecule has 9 heteroatoms. The minimum Gasteiger partial charge on any atom is -0.328 e. The van der Waals surface area contributed by atoms with Gasteiger partial charge in [0, 0.05) is 16.4 Å². The molecule has 3 aromatic rings. The van der Waals surface area contributed by atoms with Gasteiger partial charge in [0.1, 0.15) is 11.9 Å². The summed E-state index contributed by atoms with van der Waals surface area (Å²) in [7, 11) is 0. The predicted molar refractivity (Wildman–Crippen MR) is 113 cm³/mol. The van der Waals surface area contributed by atoms with E-state index < -0.39 is 6.04 Å². The fourth-order valence-electron chi connectivity index (χ4n) is 3.20. The summed E-state index contributed by atoms with van der Waals surface area (Å²) in [5.41, 5.74) is 2.50. The molecule has 0 aliphatic carbocycles. The number of hydrogen-bond acceptors (Lipinski definition) is 5. The van der Waals surface area contributed by atoms with E-state index >= 15 is 0 Å². The molecule has 0 unspecified atom stereocenters. The van der Waals surface area contributed by atoms with E-state index in [4.69, 9.17) is 11.6 Å². The molecule has 0 saturated heterocycles. The Morgan fingerprint density at radius 2 is 1.90 bits per heavy atom. The number of amides is 1. The number of anilines is 2. The van der Waals surface area contributed by atoms with Gasteiger partial charge in [0.25, 0.3) is 5.91 Å². The van der Waals surface area contributed by atoms with Crippen molar-refractivity contribution in [3.05, 3.63) is 76.2 Å². The highest BCUT2D eigenvalue weighted by atomic mass is 35.5. The Kier molecular flexibility index (Phi) is 5.29. The van der Waals surface area contributed by atoms with Crippen molar-refractivity contribution in [2.45, 2.75) is 18.1 Å². The summed E-state index contributed by atoms with van der Waals surface area (Å²) in [6.45, 7) is 1.82. The van der Waals surface area contributed by atoms with Crippen molar-refractivity contribution in [1.82, 2.24) is 14.8 Å². The predicted octanol–water partition coefficient (Wildman–Crippen LogP) is 4.72. The first kappa shape index (κ1) is 19.5. The quantitative estimate of drug-likeness (QED) is 0.587. The normalized spacial score (nSPS) is 15.7. The third kappa shape index (κ3) is 3.86. The first-order valence-corrected chi connectivity index (χ1v) is 10.4. The van der Waals surface area contributed by atoms with E-state index in [9.17, 15) is 9.18 Å². The SMILES string of the molecule is CSc1nc2n(n1)[C@@H](c1ccc(Cl)cc1)C(C(=O)Nc1ccc(F)cc1)=C(C)N2. The van der Waals surface area contributed by atoms with Gasteiger partial charge in [-0.25, -0.2) is 9.07 Å². The third-order valence-corrected chi connectivity index (χ3v) is 5.34. The highest BCUT2D eigenvalue weighted by Crippen LogP contribution is 2.36. The number of benzene rings is 2. The number of halogens is 2. The van der Waals surface area contributed by atoms with Gasteiger partial charge in [-0.3, -0.25) is 4.79 Å². The summed E-state index contributed by atoms with van der Waals surface area (Å²) in [6, 6.07) is 12.4. The van der Waals surface area contributed by atoms with Crippen molar-refractivity contribution in [3.8, 4) is 0 Å². The molecule has 1 atom stereocenters. The number of fused-ring (bicyclic) bond motifs is 1. The van der Waals surface area contributed by atoms with Crippen LogP contribution < -0.4 is 10.6 Å². The second-order valence-electron chi connectivity index (χ2n) is 6.45. The molecule has 2 N–H and O–H groups in total. The molecule has 6 nitrogen and oxygen atoms in total. The van der Waals surface area contributed by atoms with Crippen LogP contribution in [0.2, 0.25) is 5.02 Å². The maximum atomic E-state index is 13.2. The number of nitrogens with one attached hydrogen (secondary N) is 2. The molecule has 1 aliphatic heterocycles. The number of thioether (sulfide) groups is 1. The Morgan fingerprint density at radius 3 is 2.55 bits per heavy atom. The van der Waals surface area contributed by atoms with E-state index in [0.29, 0.717) is 33.1 Å². The van der Waals surface area contributed by atoms with Crippen molar-refractivity contribution in [2.24, 2.45) is 0 Å². The van der Waals surface area contributed by atoms with Crippen LogP contribution in [0, 0.1) is 5.82 Å². The first-order chi connectivity index (χ1) is 14.0. The molecule has 1 aromatic heterocycles. The van der Waals surface area contributed by atoms with Crippen LogP contribution in [0.1, 0.15) is 18.5 Å². The van der Waals surface area contributed by atoms with Crippen molar-refractivity contribution in [3.63, 3.8) is 0 Å². The van der Waals surface area contributed by atoms with Gasteiger partial charge < -0.3 is 10.6 Å². The number of carbonyl (C=O) groups excluding carboxylic acids is 1. The fraction of sp³-hybridized carbons (Fsp3) is 0.150. The zero-order valence-corrected chi connectivity index (χ0v) is 17.2. The highest BCUT2D eigenvalue weighted by Gasteiger charge is 2.34. The summed E-state index contributed by atoms with van der Waals surface area (Å²) in [5, 5.41) is 11.7. The third-order valence-electron chi connectivity index (χ3n) is 4.55. The number of rotatable bonds is 4. The van der Waals surface area contributed by atoms with Crippen LogP contribution >= 0.6 is 23.4 Å². The van der Waals surface area contributed by atoms with Gasteiger partial charge in [0.2, 0.25) is 11.1 Å². The van der Waals surface area contributed by atoms with Crippen LogP contribution in [0.3, 0.4) is 0 Å². The van der Waals surface area contributed by atoms with E-state index in [1.807, 2.05) is 25.3 Å². The summed E-state index contributed by atoms with van der Waals surface area (Å²) in [5.74, 6) is -0.118. The van der Waals surface area contributed by atoms with Gasteiger partial charge in [-0.05, 0) is 55.1 Å². The van der Waals surface area contributed by atoms with Crippen LogP contribution in [0.25, 0.3) is 0 Å². The Labute approximate surface area is 176 Å². The van der Waals surface area contributed by atoms with Gasteiger partial charge in [-0.15, -0.1) is 5.10 Å². The molecule has 0 radical (unpaired) electrons. The lowest BCUT2D eigenvalue weighted by Gasteiger charge is -2.28. The zero-order chi connectivity index (χ0) is 20.5. The molecular weight excluding hydrogens is 413 g/mol. The molecule has 0 spiro atoms. The van der Waals surface area contributed by atoms with Crippen LogP contribution in [-0.2, 0) is 4.79 Å². The van der Waals surface area contributed by atoms with E-state index in [1.54, 1.807) is 16.8 Å². The van der Waals surface area contributed by atoms with E-state index in [1.165, 1.54) is 36.0 Å². The average molecular weight is 430 g/mol. The fourth-order valence-corrected chi connectivity index (χ4v) is 3.67. The monoisotopic (exact) mass is 429 g/mol. The van der Waals surface area contributed by atoms with Gasteiger partial charge in [0.15, 0.2) is 0 Å². The highest BCUT2D eigenvalue weighted by molar-refractivity contribution is 7.98. The molecule has 2 heterocycles. The summed E-state index contributed by atoms with van der Waals surface area (Å²) in [4.78, 5) is 17.7. The standard InChI is InChI=1S/C20H17ClFN5OS/c1-11-16(18(28)24-15-9-7-14(22)8-10-15)17(12-3-5-13(21)6-4-12)27-19(23-11)25-20(26-27)29-2/h3-10,17H,1-2H3,(H,24,28)(H,23,25,26)/t17-/m0/s1. The summed E-state index contributed by atoms with van der Waals surface area (Å²) < 4.78 is 14.9. The smallest absolute Gasteiger partial charge is 0.255 e. The minimum atomic E-state index is -0.489. The Morgan fingerprint density at radius 1 is 1.21 bits per heavy atom. The van der Waals surface area contributed by atoms with Gasteiger partial charge >= 0.3 is 0 Å². The van der Waals surface area contributed by atoms with Gasteiger partial charge in [0.05, 0.1) is 5.57 Å². The molecule has 1 amide bonds. The molecule has 148 valence electrons. The van der Waals surface area contributed by atoms with Crippen LogP contribution in [0.4, 0.5) is 16.0 Å². The molecule has 0 bridgehead atoms. The topological polar surface area (TPSA) is 71.8 Å². The number of allylic oxidation sites excluding steroid dienone is 1. The van der Waals surface area contributed by atoms with Gasteiger partial charge in [-0.1, -0.05) is 35.5 Å². The van der Waals surface area contributed by atoms with Crippen molar-refractivity contribution >= 4 is 40.9 Å². The Bertz CT molecular complexity index is 1100. The number of hydrogen-bond donors (Lipinski definition) is 2. The largest absolute Gasteiger partial charge is 0.328 e. The molecule has 0 fully saturated rings. The maximum absolute atomic E-state index is 13.2. The molecule has 0 saturated carbocycles. The van der Waals surface area contributed by atoms with Crippen molar-refractivity contribution in [2.75, 3.05) is 16.9 Å². The zero-order valence-electron chi connectivity index (χ0n) is 15.6. The average Bonchev–Trinajstić information content (AvgIpc) is 3.12. The minimum absolute atomic E-state index is 0.312. The first-order valence-electron chi connectivity index (χ1n) is 8.77. The number of aromatic nitrogens is 3. The second kappa shape index (κ2) is 7.88. The summed E-state index contributed by atoms with van der Waals surface area (Å²) in [6.07, 6.45) is 1.89. The van der Waals surface area contributed by atoms with Crippen molar-refractivity contribution in [1.29, 1.82) is 0 Å². The Balaban J connectivity index is 1.77. The lowest BCUT2D eigenvalue weighted by molar-refractivity contribution is -0.113. The summed E-state index contributed by atoms with van der Waals surface area (Å²) >= 11 is 7.47. The second-order valence-corrected chi connectivity index (χ2v) is 7.66. The number of carbonyl (C=O) groups is 1. The van der Waals surface area contributed by atoms with Crippen LogP contribution in [-0.4, -0.2) is 26.9 Å². The Hall–Kier alpha value is -2.84. The maximum Gasteiger partial charge on any atom is 0.255 e. The lowest BCUT2D eigenvalue weighted by atomic mass is 9.95. The lowest BCUT2D eigenvalue weighted by Crippen LogP contribution is -2.31. The molecule has 2 aromatic carbocycles. The number of nitrogens with zero attached hydrogens (tertiary/aromatic N) is 3. The molecule has 4 rings (SSSR count). The molecule has 29 heavy (non-hydrogen) atoms. The molecule has 1 aliphatic rings. The van der Waals surface area contributed by atoms with Gasteiger partial charge in [-0.2, -0.15) is 4.98 Å². The van der Waals surface area contributed by atoms with E-state index in [0.717, 1.165) is 5.56 Å². The van der Waals surface area contributed by atoms with Crippen molar-refractivity contribution < 1.29 is 9.18 Å². The van der Waals surface area contributed by atoms with Crippen LogP contribution in [0.5, 0.6) is 0 Å². The molecular formula is C20H17ClFN5OS. The van der Waals surface area contributed by atoms with E-state index in [2.05, 4.69) is 20.7 Å². The van der Waals surface area contributed by atoms with E-state index in [-0.39, 0.29) is 11.7 Å². The van der Waals surface area contributed by atoms with Crippen LogP contribution in [0.15, 0.2) is 65.0 Å².